The van der Waals surface area contributed by atoms with Crippen LogP contribution in [0.4, 0.5) is 0 Å². The van der Waals surface area contributed by atoms with Crippen molar-refractivity contribution in [2.24, 2.45) is 0 Å². The minimum atomic E-state index is -3.45. The van der Waals surface area contributed by atoms with Gasteiger partial charge in [-0.25, -0.2) is 13.1 Å². The van der Waals surface area contributed by atoms with Crippen LogP contribution in [0.5, 0.6) is 0 Å². The van der Waals surface area contributed by atoms with Gasteiger partial charge in [-0.3, -0.25) is 0 Å². The van der Waals surface area contributed by atoms with E-state index in [1.54, 1.807) is 23.9 Å². The molecule has 1 aromatic rings. The average Bonchev–Trinajstić information content (AvgIpc) is 3.27. The SMILES string of the molecule is CCSCC(C)NS(=O)(=O)c1ccccc1CNC1CC1. The Kier molecular flexibility index (Phi) is 6.10. The lowest BCUT2D eigenvalue weighted by atomic mass is 10.2. The molecule has 1 saturated carbocycles. The Balaban J connectivity index is 2.06. The molecule has 1 aromatic carbocycles. The summed E-state index contributed by atoms with van der Waals surface area (Å²) >= 11 is 1.74. The smallest absolute Gasteiger partial charge is 0.241 e. The Hall–Kier alpha value is -0.560. The predicted octanol–water partition coefficient (Wildman–Crippen LogP) is 2.36. The second-order valence-corrected chi connectivity index (χ2v) is 8.45. The fourth-order valence-electron chi connectivity index (χ4n) is 2.11. The van der Waals surface area contributed by atoms with E-state index in [9.17, 15) is 8.42 Å². The normalized spacial score (nSPS) is 16.9. The molecule has 0 aliphatic heterocycles. The summed E-state index contributed by atoms with van der Waals surface area (Å²) < 4.78 is 27.9. The van der Waals surface area contributed by atoms with Crippen LogP contribution in [-0.2, 0) is 16.6 Å². The number of sulfonamides is 1. The van der Waals surface area contributed by atoms with Gasteiger partial charge < -0.3 is 5.32 Å². The van der Waals surface area contributed by atoms with E-state index in [0.29, 0.717) is 17.5 Å². The molecule has 1 atom stereocenters. The minimum Gasteiger partial charge on any atom is -0.310 e. The molecule has 0 amide bonds. The van der Waals surface area contributed by atoms with Crippen LogP contribution in [0.15, 0.2) is 29.2 Å². The summed E-state index contributed by atoms with van der Waals surface area (Å²) in [6.07, 6.45) is 2.39. The van der Waals surface area contributed by atoms with Crippen LogP contribution in [0.1, 0.15) is 32.3 Å². The standard InChI is InChI=1S/C15H24N2O2S2/c1-3-20-11-12(2)17-21(18,19)15-7-5-4-6-13(15)10-16-14-8-9-14/h4-7,12,14,16-17H,3,8-11H2,1-2H3. The van der Waals surface area contributed by atoms with Gasteiger partial charge in [-0.2, -0.15) is 11.8 Å². The number of hydrogen-bond donors (Lipinski definition) is 2. The van der Waals surface area contributed by atoms with Gasteiger partial charge >= 0.3 is 0 Å². The average molecular weight is 329 g/mol. The van der Waals surface area contributed by atoms with Gasteiger partial charge in [-0.1, -0.05) is 25.1 Å². The first-order valence-electron chi connectivity index (χ1n) is 7.44. The minimum absolute atomic E-state index is 0.0654. The summed E-state index contributed by atoms with van der Waals surface area (Å²) in [7, 11) is -3.45. The zero-order chi connectivity index (χ0) is 15.3. The van der Waals surface area contributed by atoms with Crippen molar-refractivity contribution in [2.75, 3.05) is 11.5 Å². The zero-order valence-electron chi connectivity index (χ0n) is 12.6. The van der Waals surface area contributed by atoms with E-state index >= 15 is 0 Å². The van der Waals surface area contributed by atoms with Crippen LogP contribution in [0.2, 0.25) is 0 Å². The Bertz CT molecular complexity index is 557. The second kappa shape index (κ2) is 7.63. The quantitative estimate of drug-likeness (QED) is 0.731. The van der Waals surface area contributed by atoms with E-state index in [4.69, 9.17) is 0 Å². The first-order valence-corrected chi connectivity index (χ1v) is 10.1. The van der Waals surface area contributed by atoms with E-state index in [-0.39, 0.29) is 6.04 Å². The number of benzene rings is 1. The van der Waals surface area contributed by atoms with Crippen LogP contribution in [0.3, 0.4) is 0 Å². The van der Waals surface area contributed by atoms with Gasteiger partial charge in [0.2, 0.25) is 10.0 Å². The van der Waals surface area contributed by atoms with Gasteiger partial charge in [0.25, 0.3) is 0 Å². The van der Waals surface area contributed by atoms with E-state index in [1.165, 1.54) is 12.8 Å². The van der Waals surface area contributed by atoms with E-state index < -0.39 is 10.0 Å². The molecule has 0 radical (unpaired) electrons. The first-order chi connectivity index (χ1) is 10.0. The monoisotopic (exact) mass is 328 g/mol. The van der Waals surface area contributed by atoms with E-state index in [2.05, 4.69) is 17.0 Å². The van der Waals surface area contributed by atoms with Crippen LogP contribution in [0, 0.1) is 0 Å². The number of hydrogen-bond acceptors (Lipinski definition) is 4. The van der Waals surface area contributed by atoms with Crippen molar-refractivity contribution < 1.29 is 8.42 Å². The third-order valence-corrected chi connectivity index (χ3v) is 6.18. The summed E-state index contributed by atoms with van der Waals surface area (Å²) in [6.45, 7) is 4.59. The molecule has 0 spiro atoms. The van der Waals surface area contributed by atoms with Crippen LogP contribution < -0.4 is 10.0 Å². The summed E-state index contributed by atoms with van der Waals surface area (Å²) in [5.41, 5.74) is 0.840. The fourth-order valence-corrected chi connectivity index (χ4v) is 4.37. The molecule has 2 N–H and O–H groups in total. The van der Waals surface area contributed by atoms with Crippen molar-refractivity contribution in [3.05, 3.63) is 29.8 Å². The first kappa shape index (κ1) is 16.8. The van der Waals surface area contributed by atoms with Crippen LogP contribution in [-0.4, -0.2) is 32.0 Å². The van der Waals surface area contributed by atoms with Gasteiger partial charge in [0, 0.05) is 24.4 Å². The summed E-state index contributed by atoms with van der Waals surface area (Å²) in [6, 6.07) is 7.74. The molecule has 1 unspecified atom stereocenters. The lowest BCUT2D eigenvalue weighted by Crippen LogP contribution is -2.35. The maximum atomic E-state index is 12.5. The van der Waals surface area contributed by atoms with Crippen molar-refractivity contribution in [1.29, 1.82) is 0 Å². The van der Waals surface area contributed by atoms with E-state index in [0.717, 1.165) is 17.1 Å². The Labute approximate surface area is 132 Å². The molecule has 0 bridgehead atoms. The highest BCUT2D eigenvalue weighted by molar-refractivity contribution is 7.99. The number of rotatable bonds is 9. The van der Waals surface area contributed by atoms with Crippen LogP contribution in [0.25, 0.3) is 0 Å². The Morgan fingerprint density at radius 3 is 2.71 bits per heavy atom. The largest absolute Gasteiger partial charge is 0.310 e. The number of nitrogens with one attached hydrogen (secondary N) is 2. The second-order valence-electron chi connectivity index (χ2n) is 5.44. The topological polar surface area (TPSA) is 58.2 Å². The van der Waals surface area contributed by atoms with Gasteiger partial charge in [0.1, 0.15) is 0 Å². The lowest BCUT2D eigenvalue weighted by Gasteiger charge is -2.16. The predicted molar refractivity (Wildman–Crippen MR) is 89.1 cm³/mol. The molecule has 1 fully saturated rings. The molecule has 1 aliphatic rings. The highest BCUT2D eigenvalue weighted by Gasteiger charge is 2.23. The summed E-state index contributed by atoms with van der Waals surface area (Å²) in [4.78, 5) is 0.395. The van der Waals surface area contributed by atoms with Gasteiger partial charge in [0.15, 0.2) is 0 Å². The summed E-state index contributed by atoms with van der Waals surface area (Å²) in [5, 5.41) is 3.38. The molecular formula is C15H24N2O2S2. The Morgan fingerprint density at radius 1 is 1.33 bits per heavy atom. The van der Waals surface area contributed by atoms with Crippen molar-refractivity contribution in [3.8, 4) is 0 Å². The molecule has 0 aromatic heterocycles. The Morgan fingerprint density at radius 2 is 2.05 bits per heavy atom. The highest BCUT2D eigenvalue weighted by atomic mass is 32.2. The zero-order valence-corrected chi connectivity index (χ0v) is 14.3. The molecule has 21 heavy (non-hydrogen) atoms. The van der Waals surface area contributed by atoms with Crippen molar-refractivity contribution >= 4 is 21.8 Å². The molecule has 4 nitrogen and oxygen atoms in total. The molecule has 1 aliphatic carbocycles. The van der Waals surface area contributed by atoms with Crippen molar-refractivity contribution in [2.45, 2.75) is 50.2 Å². The fraction of sp³-hybridized carbons (Fsp3) is 0.600. The lowest BCUT2D eigenvalue weighted by molar-refractivity contribution is 0.568. The molecule has 6 heteroatoms. The third kappa shape index (κ3) is 5.29. The molecule has 0 heterocycles. The van der Waals surface area contributed by atoms with E-state index in [1.807, 2.05) is 19.1 Å². The molecular weight excluding hydrogens is 304 g/mol. The van der Waals surface area contributed by atoms with Gasteiger partial charge in [-0.05, 0) is 37.1 Å². The maximum absolute atomic E-state index is 12.5. The third-order valence-electron chi connectivity index (χ3n) is 3.35. The van der Waals surface area contributed by atoms with Crippen molar-refractivity contribution in [1.82, 2.24) is 10.0 Å². The highest BCUT2D eigenvalue weighted by Crippen LogP contribution is 2.21. The molecule has 118 valence electrons. The number of thioether (sulfide) groups is 1. The molecule has 0 saturated heterocycles. The summed E-state index contributed by atoms with van der Waals surface area (Å²) in [5.74, 6) is 1.78. The van der Waals surface area contributed by atoms with Gasteiger partial charge in [0.05, 0.1) is 4.90 Å². The maximum Gasteiger partial charge on any atom is 0.241 e. The molecule has 2 rings (SSSR count). The van der Waals surface area contributed by atoms with Crippen LogP contribution >= 0.6 is 11.8 Å². The van der Waals surface area contributed by atoms with Gasteiger partial charge in [-0.15, -0.1) is 0 Å². The van der Waals surface area contributed by atoms with Crippen molar-refractivity contribution in [3.63, 3.8) is 0 Å².